The Morgan fingerprint density at radius 2 is 1.66 bits per heavy atom. The van der Waals surface area contributed by atoms with Crippen molar-refractivity contribution < 1.29 is 17.6 Å². The Hall–Kier alpha value is -2.82. The number of hydrogen-bond acceptors (Lipinski definition) is 5. The number of rotatable bonds is 8. The van der Waals surface area contributed by atoms with Gasteiger partial charge in [-0.2, -0.15) is 0 Å². The van der Waals surface area contributed by atoms with Gasteiger partial charge in [0.15, 0.2) is 0 Å². The molecule has 10 heteroatoms. The van der Waals surface area contributed by atoms with E-state index in [-0.39, 0.29) is 12.6 Å². The molecule has 0 aliphatic heterocycles. The van der Waals surface area contributed by atoms with Gasteiger partial charge in [-0.15, -0.1) is 11.3 Å². The monoisotopic (exact) mass is 434 g/mol. The van der Waals surface area contributed by atoms with Crippen molar-refractivity contribution in [3.05, 3.63) is 65.8 Å². The number of thiazole rings is 1. The number of carbonyl (C=O) groups is 1. The Balaban J connectivity index is 1.55. The average Bonchev–Trinajstić information content (AvgIpc) is 3.18. The summed E-state index contributed by atoms with van der Waals surface area (Å²) in [6, 6.07) is 14.7. The molecule has 0 spiro atoms. The van der Waals surface area contributed by atoms with Crippen molar-refractivity contribution in [2.24, 2.45) is 0 Å². The normalized spacial score (nSPS) is 11.2. The van der Waals surface area contributed by atoms with Gasteiger partial charge in [-0.05, 0) is 29.8 Å². The zero-order chi connectivity index (χ0) is 20.7. The Morgan fingerprint density at radius 3 is 2.31 bits per heavy atom. The summed E-state index contributed by atoms with van der Waals surface area (Å²) in [7, 11) is -3.85. The van der Waals surface area contributed by atoms with Crippen LogP contribution in [0.1, 0.15) is 5.01 Å². The van der Waals surface area contributed by atoms with Crippen LogP contribution in [0.4, 0.5) is 20.6 Å². The molecular weight excluding hydrogens is 415 g/mol. The molecule has 3 rings (SSSR count). The number of urea groups is 1. The van der Waals surface area contributed by atoms with Gasteiger partial charge in [0.2, 0.25) is 16.0 Å². The fraction of sp³-hybridized carbons (Fsp3) is 0.158. The summed E-state index contributed by atoms with van der Waals surface area (Å²) in [5.41, 5.74) is 2.27. The van der Waals surface area contributed by atoms with Crippen molar-refractivity contribution in [1.29, 1.82) is 0 Å². The predicted molar refractivity (Wildman–Crippen MR) is 113 cm³/mol. The van der Waals surface area contributed by atoms with Gasteiger partial charge in [0.1, 0.15) is 0 Å². The van der Waals surface area contributed by atoms with Gasteiger partial charge in [0.05, 0.1) is 9.88 Å². The van der Waals surface area contributed by atoms with E-state index in [0.717, 1.165) is 15.4 Å². The summed E-state index contributed by atoms with van der Waals surface area (Å²) in [6.07, 6.45) is 2.08. The van der Waals surface area contributed by atoms with Crippen LogP contribution < -0.4 is 15.4 Å². The number of hydrogen-bond donors (Lipinski definition) is 3. The van der Waals surface area contributed by atoms with Gasteiger partial charge in [0, 0.05) is 30.5 Å². The molecule has 0 saturated carbocycles. The highest BCUT2D eigenvalue weighted by Gasteiger charge is 2.10. The van der Waals surface area contributed by atoms with Gasteiger partial charge in [-0.3, -0.25) is 0 Å². The quantitative estimate of drug-likeness (QED) is 0.501. The number of nitrogens with one attached hydrogen (secondary N) is 3. The second kappa shape index (κ2) is 9.59. The van der Waals surface area contributed by atoms with Crippen LogP contribution in [0.2, 0.25) is 0 Å². The second-order valence-electron chi connectivity index (χ2n) is 6.01. The first-order chi connectivity index (χ1) is 13.9. The topological polar surface area (TPSA) is 100 Å². The molecule has 0 unspecified atom stereocenters. The number of halogens is 1. The van der Waals surface area contributed by atoms with Gasteiger partial charge in [-0.1, -0.05) is 30.3 Å². The third-order valence-electron chi connectivity index (χ3n) is 3.82. The summed E-state index contributed by atoms with van der Waals surface area (Å²) >= 11 is 1.43. The summed E-state index contributed by atoms with van der Waals surface area (Å²) in [4.78, 5) is 17.2. The molecule has 2 aromatic carbocycles. The highest BCUT2D eigenvalue weighted by Crippen LogP contribution is 2.27. The molecule has 0 saturated heterocycles. The first-order valence-corrected chi connectivity index (χ1v) is 11.1. The van der Waals surface area contributed by atoms with Crippen LogP contribution in [0.3, 0.4) is 0 Å². The summed E-state index contributed by atoms with van der Waals surface area (Å²) in [5.74, 6) is 0. The zero-order valence-corrected chi connectivity index (χ0v) is 16.9. The largest absolute Gasteiger partial charge is 0.323 e. The summed E-state index contributed by atoms with van der Waals surface area (Å²) in [6.45, 7) is 0.0958. The molecule has 1 aromatic heterocycles. The lowest BCUT2D eigenvalue weighted by Gasteiger charge is -2.08. The van der Waals surface area contributed by atoms with Crippen LogP contribution in [-0.2, 0) is 16.4 Å². The fourth-order valence-electron chi connectivity index (χ4n) is 2.44. The van der Waals surface area contributed by atoms with Crippen LogP contribution >= 0.6 is 11.3 Å². The fourth-order valence-corrected chi connectivity index (χ4v) is 3.86. The summed E-state index contributed by atoms with van der Waals surface area (Å²) in [5, 5.41) is 6.25. The van der Waals surface area contributed by atoms with E-state index in [1.165, 1.54) is 11.3 Å². The molecule has 3 aromatic rings. The van der Waals surface area contributed by atoms with Gasteiger partial charge in [0.25, 0.3) is 0 Å². The molecule has 7 nitrogen and oxygen atoms in total. The van der Waals surface area contributed by atoms with Gasteiger partial charge >= 0.3 is 6.03 Å². The van der Waals surface area contributed by atoms with Crippen LogP contribution in [0.15, 0.2) is 60.8 Å². The number of sulfonamides is 1. The van der Waals surface area contributed by atoms with Crippen molar-refractivity contribution in [2.75, 3.05) is 23.2 Å². The van der Waals surface area contributed by atoms with Crippen LogP contribution in [-0.4, -0.2) is 32.0 Å². The van der Waals surface area contributed by atoms with E-state index in [1.807, 2.05) is 30.3 Å². The molecule has 0 fully saturated rings. The minimum absolute atomic E-state index is 0.0958. The number of benzene rings is 2. The number of alkyl halides is 1. The van der Waals surface area contributed by atoms with E-state index in [9.17, 15) is 17.6 Å². The molecule has 2 amide bonds. The third-order valence-corrected chi connectivity index (χ3v) is 5.85. The minimum Gasteiger partial charge on any atom is -0.308 e. The van der Waals surface area contributed by atoms with Crippen LogP contribution in [0.25, 0.3) is 10.4 Å². The lowest BCUT2D eigenvalue weighted by atomic mass is 10.2. The predicted octanol–water partition coefficient (Wildman–Crippen LogP) is 3.84. The molecule has 1 heterocycles. The number of anilines is 2. The number of amides is 2. The number of nitrogens with zero attached hydrogens (tertiary/aromatic N) is 1. The lowest BCUT2D eigenvalue weighted by molar-refractivity contribution is 0.262. The molecule has 0 aliphatic carbocycles. The van der Waals surface area contributed by atoms with E-state index < -0.39 is 16.0 Å². The Kier molecular flexibility index (Phi) is 6.91. The van der Waals surface area contributed by atoms with E-state index in [2.05, 4.69) is 20.3 Å². The third kappa shape index (κ3) is 6.34. The maximum Gasteiger partial charge on any atom is 0.323 e. The standard InChI is InChI=1S/C19H19FN4O3S2/c20-13-29(26,27)22-11-10-18-21-12-17(28-18)14-6-8-16(9-7-14)24-19(25)23-15-4-2-1-3-5-15/h1-9,12,22H,10-11,13H2,(H2,23,24,25). The first kappa shape index (κ1) is 20.9. The van der Waals surface area contributed by atoms with Crippen molar-refractivity contribution in [1.82, 2.24) is 9.71 Å². The maximum atomic E-state index is 12.2. The Morgan fingerprint density at radius 1 is 1.00 bits per heavy atom. The maximum absolute atomic E-state index is 12.2. The van der Waals surface area contributed by atoms with E-state index in [0.29, 0.717) is 17.8 Å². The number of aromatic nitrogens is 1. The molecule has 0 bridgehead atoms. The highest BCUT2D eigenvalue weighted by molar-refractivity contribution is 7.89. The van der Waals surface area contributed by atoms with Crippen LogP contribution in [0, 0.1) is 0 Å². The minimum atomic E-state index is -3.85. The number of carbonyl (C=O) groups excluding carboxylic acids is 1. The molecular formula is C19H19FN4O3S2. The summed E-state index contributed by atoms with van der Waals surface area (Å²) < 4.78 is 36.6. The Labute approximate surface area is 172 Å². The lowest BCUT2D eigenvalue weighted by Crippen LogP contribution is -2.26. The molecule has 0 aliphatic rings. The number of para-hydroxylation sites is 1. The van der Waals surface area contributed by atoms with E-state index in [4.69, 9.17) is 0 Å². The van der Waals surface area contributed by atoms with Crippen LogP contribution in [0.5, 0.6) is 0 Å². The van der Waals surface area contributed by atoms with Gasteiger partial charge < -0.3 is 10.6 Å². The van der Waals surface area contributed by atoms with Crippen molar-refractivity contribution in [3.63, 3.8) is 0 Å². The average molecular weight is 435 g/mol. The molecule has 3 N–H and O–H groups in total. The second-order valence-corrected chi connectivity index (χ2v) is 8.86. The highest BCUT2D eigenvalue weighted by atomic mass is 32.2. The molecule has 152 valence electrons. The first-order valence-electron chi connectivity index (χ1n) is 8.67. The van der Waals surface area contributed by atoms with E-state index >= 15 is 0 Å². The smallest absolute Gasteiger partial charge is 0.308 e. The molecule has 0 atom stereocenters. The SMILES string of the molecule is O=C(Nc1ccccc1)Nc1ccc(-c2cnc(CCNS(=O)(=O)CF)s2)cc1. The molecule has 0 radical (unpaired) electrons. The van der Waals surface area contributed by atoms with E-state index in [1.54, 1.807) is 30.5 Å². The molecule has 29 heavy (non-hydrogen) atoms. The van der Waals surface area contributed by atoms with Gasteiger partial charge in [-0.25, -0.2) is 27.3 Å². The zero-order valence-electron chi connectivity index (χ0n) is 15.3. The van der Waals surface area contributed by atoms with Crippen molar-refractivity contribution >= 4 is 38.8 Å². The van der Waals surface area contributed by atoms with Crippen molar-refractivity contribution in [3.8, 4) is 10.4 Å². The Bertz CT molecular complexity index is 1050. The van der Waals surface area contributed by atoms with Crippen molar-refractivity contribution in [2.45, 2.75) is 6.42 Å².